The quantitative estimate of drug-likeness (QED) is 0.858. The van der Waals surface area contributed by atoms with E-state index in [0.29, 0.717) is 24.1 Å². The van der Waals surface area contributed by atoms with Gasteiger partial charge in [0.1, 0.15) is 6.54 Å². The molecular weight excluding hydrogens is 272 g/mol. The minimum atomic E-state index is -1.05. The molecule has 0 aliphatic heterocycles. The molecule has 0 saturated carbocycles. The van der Waals surface area contributed by atoms with Crippen LogP contribution in [0, 0.1) is 0 Å². The van der Waals surface area contributed by atoms with E-state index in [-0.39, 0.29) is 18.4 Å². The molecule has 1 N–H and O–H groups in total. The van der Waals surface area contributed by atoms with Crippen LogP contribution in [-0.2, 0) is 4.79 Å². The van der Waals surface area contributed by atoms with E-state index in [1.165, 1.54) is 9.80 Å². The number of aliphatic carboxylic acids is 1. The van der Waals surface area contributed by atoms with Crippen molar-refractivity contribution in [3.05, 3.63) is 35.4 Å². The van der Waals surface area contributed by atoms with Gasteiger partial charge < -0.3 is 14.9 Å². The summed E-state index contributed by atoms with van der Waals surface area (Å²) < 4.78 is 0. The molecule has 2 amide bonds. The summed E-state index contributed by atoms with van der Waals surface area (Å²) in [6.07, 6.45) is 0.677. The molecule has 0 heterocycles. The first-order chi connectivity index (χ1) is 9.86. The van der Waals surface area contributed by atoms with Gasteiger partial charge in [0.25, 0.3) is 11.8 Å². The summed E-state index contributed by atoms with van der Waals surface area (Å²) in [5.74, 6) is -1.54. The van der Waals surface area contributed by atoms with Gasteiger partial charge in [-0.2, -0.15) is 0 Å². The zero-order valence-corrected chi connectivity index (χ0v) is 12.5. The van der Waals surface area contributed by atoms with Crippen LogP contribution in [0.25, 0.3) is 0 Å². The molecule has 21 heavy (non-hydrogen) atoms. The molecule has 0 aliphatic rings. The van der Waals surface area contributed by atoms with Crippen molar-refractivity contribution in [1.29, 1.82) is 0 Å². The Morgan fingerprint density at radius 2 is 1.48 bits per heavy atom. The maximum atomic E-state index is 12.3. The number of nitrogens with zero attached hydrogens (tertiary/aromatic N) is 2. The van der Waals surface area contributed by atoms with Crippen LogP contribution in [0.4, 0.5) is 0 Å². The molecule has 1 aromatic carbocycles. The Bertz CT molecular complexity index is 523. The van der Waals surface area contributed by atoms with Crippen molar-refractivity contribution in [2.45, 2.75) is 13.3 Å². The maximum absolute atomic E-state index is 12.3. The minimum absolute atomic E-state index is 0.148. The fraction of sp³-hybridized carbons (Fsp3) is 0.400. The third-order valence-electron chi connectivity index (χ3n) is 2.89. The minimum Gasteiger partial charge on any atom is -0.480 e. The summed E-state index contributed by atoms with van der Waals surface area (Å²) in [7, 11) is 3.30. The molecule has 0 aromatic heterocycles. The van der Waals surface area contributed by atoms with Crippen LogP contribution in [0.1, 0.15) is 34.1 Å². The lowest BCUT2D eigenvalue weighted by molar-refractivity contribution is -0.137. The Hall–Kier alpha value is -2.37. The van der Waals surface area contributed by atoms with Gasteiger partial charge in [-0.15, -0.1) is 0 Å². The molecule has 0 radical (unpaired) electrons. The van der Waals surface area contributed by atoms with Crippen LogP contribution < -0.4 is 0 Å². The molecule has 6 nitrogen and oxygen atoms in total. The normalized spacial score (nSPS) is 10.0. The highest BCUT2D eigenvalue weighted by atomic mass is 16.4. The topological polar surface area (TPSA) is 77.9 Å². The van der Waals surface area contributed by atoms with Crippen molar-refractivity contribution in [1.82, 2.24) is 9.80 Å². The average molecular weight is 292 g/mol. The fourth-order valence-electron chi connectivity index (χ4n) is 1.88. The smallest absolute Gasteiger partial charge is 0.323 e. The number of carbonyl (C=O) groups is 3. The Labute approximate surface area is 124 Å². The molecule has 1 rings (SSSR count). The summed E-state index contributed by atoms with van der Waals surface area (Å²) in [4.78, 5) is 37.5. The van der Waals surface area contributed by atoms with E-state index in [1.807, 2.05) is 6.92 Å². The number of carbonyl (C=O) groups excluding carboxylic acids is 2. The third-order valence-corrected chi connectivity index (χ3v) is 2.89. The predicted molar refractivity (Wildman–Crippen MR) is 78.3 cm³/mol. The second-order valence-electron chi connectivity index (χ2n) is 4.90. The largest absolute Gasteiger partial charge is 0.480 e. The monoisotopic (exact) mass is 292 g/mol. The number of carboxylic acid groups (broad SMARTS) is 1. The van der Waals surface area contributed by atoms with Gasteiger partial charge in [-0.05, 0) is 30.7 Å². The van der Waals surface area contributed by atoms with Crippen LogP contribution in [0.2, 0.25) is 0 Å². The van der Waals surface area contributed by atoms with E-state index >= 15 is 0 Å². The molecule has 0 fully saturated rings. The van der Waals surface area contributed by atoms with E-state index in [4.69, 9.17) is 5.11 Å². The lowest BCUT2D eigenvalue weighted by atomic mass is 10.1. The first-order valence-corrected chi connectivity index (χ1v) is 6.69. The molecule has 0 aliphatic carbocycles. The zero-order valence-electron chi connectivity index (χ0n) is 12.5. The standard InChI is InChI=1S/C15H20N2O4/c1-4-9-17(10-13(18)19)15(21)12-7-5-11(6-8-12)14(20)16(2)3/h5-8H,4,9-10H2,1-3H3,(H,18,19). The number of carboxylic acids is 1. The molecule has 0 spiro atoms. The predicted octanol–water partition coefficient (Wildman–Crippen LogP) is 1.33. The van der Waals surface area contributed by atoms with E-state index in [1.54, 1.807) is 38.4 Å². The first-order valence-electron chi connectivity index (χ1n) is 6.69. The Morgan fingerprint density at radius 3 is 1.86 bits per heavy atom. The molecule has 6 heteroatoms. The zero-order chi connectivity index (χ0) is 16.0. The van der Waals surface area contributed by atoms with Gasteiger partial charge in [0.15, 0.2) is 0 Å². The molecule has 1 aromatic rings. The molecule has 114 valence electrons. The van der Waals surface area contributed by atoms with Crippen molar-refractivity contribution in [2.75, 3.05) is 27.2 Å². The summed E-state index contributed by atoms with van der Waals surface area (Å²) in [6, 6.07) is 6.23. The van der Waals surface area contributed by atoms with E-state index in [0.717, 1.165) is 0 Å². The summed E-state index contributed by atoms with van der Waals surface area (Å²) in [6.45, 7) is 1.93. The van der Waals surface area contributed by atoms with Crippen molar-refractivity contribution < 1.29 is 19.5 Å². The highest BCUT2D eigenvalue weighted by molar-refractivity contribution is 5.98. The van der Waals surface area contributed by atoms with Crippen LogP contribution in [0.3, 0.4) is 0 Å². The number of rotatable bonds is 6. The second-order valence-corrected chi connectivity index (χ2v) is 4.90. The second kappa shape index (κ2) is 7.42. The number of benzene rings is 1. The highest BCUT2D eigenvalue weighted by Gasteiger charge is 2.18. The Kier molecular flexibility index (Phi) is 5.90. The van der Waals surface area contributed by atoms with Crippen LogP contribution in [0.5, 0.6) is 0 Å². The summed E-state index contributed by atoms with van der Waals surface area (Å²) >= 11 is 0. The number of hydrogen-bond donors (Lipinski definition) is 1. The summed E-state index contributed by atoms with van der Waals surface area (Å²) in [5.41, 5.74) is 0.858. The van der Waals surface area contributed by atoms with E-state index in [2.05, 4.69) is 0 Å². The van der Waals surface area contributed by atoms with Crippen LogP contribution in [0.15, 0.2) is 24.3 Å². The van der Waals surface area contributed by atoms with Crippen molar-refractivity contribution >= 4 is 17.8 Å². The SMILES string of the molecule is CCCN(CC(=O)O)C(=O)c1ccc(C(=O)N(C)C)cc1. The van der Waals surface area contributed by atoms with E-state index < -0.39 is 5.97 Å². The summed E-state index contributed by atoms with van der Waals surface area (Å²) in [5, 5.41) is 8.84. The average Bonchev–Trinajstić information content (AvgIpc) is 2.45. The van der Waals surface area contributed by atoms with Gasteiger partial charge in [0, 0.05) is 31.8 Å². The Balaban J connectivity index is 2.91. The van der Waals surface area contributed by atoms with Crippen LogP contribution >= 0.6 is 0 Å². The van der Waals surface area contributed by atoms with Gasteiger partial charge in [0.05, 0.1) is 0 Å². The van der Waals surface area contributed by atoms with Gasteiger partial charge in [-0.25, -0.2) is 0 Å². The molecule has 0 unspecified atom stereocenters. The van der Waals surface area contributed by atoms with Crippen molar-refractivity contribution in [2.24, 2.45) is 0 Å². The lowest BCUT2D eigenvalue weighted by Gasteiger charge is -2.20. The maximum Gasteiger partial charge on any atom is 0.323 e. The van der Waals surface area contributed by atoms with Gasteiger partial charge >= 0.3 is 5.97 Å². The molecule has 0 atom stereocenters. The lowest BCUT2D eigenvalue weighted by Crippen LogP contribution is -2.36. The van der Waals surface area contributed by atoms with Gasteiger partial charge in [-0.3, -0.25) is 14.4 Å². The van der Waals surface area contributed by atoms with Crippen LogP contribution in [-0.4, -0.2) is 59.9 Å². The Morgan fingerprint density at radius 1 is 1.00 bits per heavy atom. The molecular formula is C15H20N2O4. The molecule has 0 saturated heterocycles. The number of hydrogen-bond acceptors (Lipinski definition) is 3. The van der Waals surface area contributed by atoms with Gasteiger partial charge in [0.2, 0.25) is 0 Å². The highest BCUT2D eigenvalue weighted by Crippen LogP contribution is 2.10. The molecule has 0 bridgehead atoms. The van der Waals surface area contributed by atoms with E-state index in [9.17, 15) is 14.4 Å². The fourth-order valence-corrected chi connectivity index (χ4v) is 1.88. The number of amides is 2. The van der Waals surface area contributed by atoms with Crippen molar-refractivity contribution in [3.63, 3.8) is 0 Å². The van der Waals surface area contributed by atoms with Crippen molar-refractivity contribution in [3.8, 4) is 0 Å². The third kappa shape index (κ3) is 4.59. The first kappa shape index (κ1) is 16.7. The van der Waals surface area contributed by atoms with Gasteiger partial charge in [-0.1, -0.05) is 6.92 Å².